The number of rotatable bonds is 6. The first-order valence-electron chi connectivity index (χ1n) is 9.66. The van der Waals surface area contributed by atoms with Gasteiger partial charge in [-0.05, 0) is 68.7 Å². The highest BCUT2D eigenvalue weighted by Crippen LogP contribution is 2.23. The van der Waals surface area contributed by atoms with Crippen molar-refractivity contribution in [2.45, 2.75) is 39.0 Å². The molecule has 152 valence electrons. The third-order valence-electron chi connectivity index (χ3n) is 4.78. The lowest BCUT2D eigenvalue weighted by molar-refractivity contribution is 0.566. The van der Waals surface area contributed by atoms with Crippen LogP contribution in [-0.4, -0.2) is 13.2 Å². The minimum atomic E-state index is -3.41. The Labute approximate surface area is 174 Å². The van der Waals surface area contributed by atoms with Gasteiger partial charge in [-0.25, -0.2) is 8.42 Å². The lowest BCUT2D eigenvalue weighted by Gasteiger charge is -2.20. The van der Waals surface area contributed by atoms with E-state index in [9.17, 15) is 8.42 Å². The topological polar surface area (TPSA) is 58.2 Å². The van der Waals surface area contributed by atoms with Crippen molar-refractivity contribution in [2.24, 2.45) is 0 Å². The summed E-state index contributed by atoms with van der Waals surface area (Å²) in [6, 6.07) is 24.3. The molecule has 0 atom stereocenters. The van der Waals surface area contributed by atoms with Crippen LogP contribution in [0.15, 0.2) is 72.8 Å². The van der Waals surface area contributed by atoms with Gasteiger partial charge in [0.2, 0.25) is 10.0 Å². The van der Waals surface area contributed by atoms with Gasteiger partial charge in [0.05, 0.1) is 4.75 Å². The Balaban J connectivity index is 1.59. The molecule has 0 saturated heterocycles. The maximum atomic E-state index is 12.2. The summed E-state index contributed by atoms with van der Waals surface area (Å²) in [5.41, 5.74) is 6.33. The van der Waals surface area contributed by atoms with E-state index in [2.05, 4.69) is 65.5 Å². The number of hydrogen-bond acceptors (Lipinski definition) is 3. The monoisotopic (exact) mass is 408 g/mol. The first kappa shape index (κ1) is 20.9. The van der Waals surface area contributed by atoms with Gasteiger partial charge in [0.1, 0.15) is 0 Å². The normalized spacial score (nSPS) is 11.9. The van der Waals surface area contributed by atoms with Crippen molar-refractivity contribution in [3.05, 3.63) is 83.9 Å². The summed E-state index contributed by atoms with van der Waals surface area (Å²) in [4.78, 5) is 0. The van der Waals surface area contributed by atoms with E-state index in [1.165, 1.54) is 16.7 Å². The zero-order chi connectivity index (χ0) is 21.1. The minimum absolute atomic E-state index is 0.575. The van der Waals surface area contributed by atoms with Gasteiger partial charge in [0, 0.05) is 17.9 Å². The van der Waals surface area contributed by atoms with Crippen molar-refractivity contribution in [3.8, 4) is 11.1 Å². The van der Waals surface area contributed by atoms with Crippen LogP contribution in [0.4, 0.5) is 11.4 Å². The molecule has 0 heterocycles. The van der Waals surface area contributed by atoms with E-state index >= 15 is 0 Å². The molecule has 5 heteroatoms. The maximum Gasteiger partial charge on any atom is 0.237 e. The summed E-state index contributed by atoms with van der Waals surface area (Å²) < 4.78 is 26.3. The molecule has 0 unspecified atom stereocenters. The first-order valence-corrected chi connectivity index (χ1v) is 11.1. The molecule has 0 amide bonds. The molecule has 0 radical (unpaired) electrons. The van der Waals surface area contributed by atoms with Crippen LogP contribution < -0.4 is 10.0 Å². The van der Waals surface area contributed by atoms with Gasteiger partial charge in [0.15, 0.2) is 0 Å². The van der Waals surface area contributed by atoms with Crippen LogP contribution in [0.2, 0.25) is 0 Å². The molecule has 3 rings (SSSR count). The highest BCUT2D eigenvalue weighted by Gasteiger charge is 2.28. The molecule has 0 saturated carbocycles. The predicted molar refractivity (Wildman–Crippen MR) is 123 cm³/mol. The number of hydrogen-bond donors (Lipinski definition) is 2. The molecule has 0 aliphatic heterocycles. The van der Waals surface area contributed by atoms with Crippen molar-refractivity contribution in [1.82, 2.24) is 0 Å². The van der Waals surface area contributed by atoms with E-state index in [0.29, 0.717) is 12.2 Å². The quantitative estimate of drug-likeness (QED) is 0.541. The number of anilines is 2. The van der Waals surface area contributed by atoms with Crippen molar-refractivity contribution in [2.75, 3.05) is 10.0 Å². The molecule has 0 fully saturated rings. The molecular formula is C24H28N2O2S. The fraction of sp³-hybridized carbons (Fsp3) is 0.250. The average molecular weight is 409 g/mol. The Morgan fingerprint density at radius 2 is 1.21 bits per heavy atom. The summed E-state index contributed by atoms with van der Waals surface area (Å²) in [5.74, 6) is 0. The molecule has 0 aliphatic rings. The standard InChI is InChI=1S/C24H28N2O2S/c1-18-5-9-20(10-6-18)21-11-15-22(16-12-21)25-17-19-7-13-23(14-8-19)26-29(27,28)24(2,3)4/h5-16,25-26H,17H2,1-4H3. The minimum Gasteiger partial charge on any atom is -0.381 e. The molecule has 29 heavy (non-hydrogen) atoms. The van der Waals surface area contributed by atoms with Gasteiger partial charge in [-0.2, -0.15) is 0 Å². The number of aryl methyl sites for hydroxylation is 1. The third-order valence-corrected chi connectivity index (χ3v) is 6.90. The van der Waals surface area contributed by atoms with Crippen LogP contribution in [0.3, 0.4) is 0 Å². The average Bonchev–Trinajstić information content (AvgIpc) is 2.67. The molecule has 0 spiro atoms. The highest BCUT2D eigenvalue weighted by atomic mass is 32.2. The van der Waals surface area contributed by atoms with Gasteiger partial charge in [-0.1, -0.05) is 54.1 Å². The second-order valence-corrected chi connectivity index (χ2v) is 10.6. The Morgan fingerprint density at radius 1 is 0.724 bits per heavy atom. The summed E-state index contributed by atoms with van der Waals surface area (Å²) in [6.45, 7) is 7.78. The molecule has 4 nitrogen and oxygen atoms in total. The van der Waals surface area contributed by atoms with E-state index in [1.807, 2.05) is 12.1 Å². The van der Waals surface area contributed by atoms with E-state index in [1.54, 1.807) is 32.9 Å². The van der Waals surface area contributed by atoms with Crippen LogP contribution in [0, 0.1) is 6.92 Å². The molecule has 3 aromatic carbocycles. The SMILES string of the molecule is Cc1ccc(-c2ccc(NCc3ccc(NS(=O)(=O)C(C)(C)C)cc3)cc2)cc1. The second kappa shape index (κ2) is 8.29. The number of sulfonamides is 1. The molecule has 0 aromatic heterocycles. The van der Waals surface area contributed by atoms with Crippen LogP contribution in [0.1, 0.15) is 31.9 Å². The maximum absolute atomic E-state index is 12.2. The van der Waals surface area contributed by atoms with Crippen molar-refractivity contribution >= 4 is 21.4 Å². The van der Waals surface area contributed by atoms with E-state index in [0.717, 1.165) is 11.3 Å². The number of nitrogens with one attached hydrogen (secondary N) is 2. The van der Waals surface area contributed by atoms with Crippen molar-refractivity contribution in [3.63, 3.8) is 0 Å². The van der Waals surface area contributed by atoms with Gasteiger partial charge in [-0.3, -0.25) is 4.72 Å². The number of benzene rings is 3. The fourth-order valence-electron chi connectivity index (χ4n) is 2.73. The summed E-state index contributed by atoms with van der Waals surface area (Å²) in [7, 11) is -3.41. The molecular weight excluding hydrogens is 380 g/mol. The predicted octanol–water partition coefficient (Wildman–Crippen LogP) is 5.81. The largest absolute Gasteiger partial charge is 0.381 e. The zero-order valence-corrected chi connectivity index (χ0v) is 18.2. The summed E-state index contributed by atoms with van der Waals surface area (Å²) in [6.07, 6.45) is 0. The molecule has 0 bridgehead atoms. The van der Waals surface area contributed by atoms with Crippen molar-refractivity contribution < 1.29 is 8.42 Å². The second-order valence-electron chi connectivity index (χ2n) is 8.21. The molecule has 2 N–H and O–H groups in total. The van der Waals surface area contributed by atoms with E-state index in [4.69, 9.17) is 0 Å². The van der Waals surface area contributed by atoms with Crippen LogP contribution in [0.5, 0.6) is 0 Å². The Bertz CT molecular complexity index is 1050. The van der Waals surface area contributed by atoms with Crippen molar-refractivity contribution in [1.29, 1.82) is 0 Å². The third kappa shape index (κ3) is 5.39. The Morgan fingerprint density at radius 3 is 1.72 bits per heavy atom. The Kier molecular flexibility index (Phi) is 5.99. The lowest BCUT2D eigenvalue weighted by Crippen LogP contribution is -2.33. The van der Waals surface area contributed by atoms with Crippen LogP contribution >= 0.6 is 0 Å². The van der Waals surface area contributed by atoms with Crippen LogP contribution in [0.25, 0.3) is 11.1 Å². The van der Waals surface area contributed by atoms with Gasteiger partial charge >= 0.3 is 0 Å². The Hall–Kier alpha value is -2.79. The summed E-state index contributed by atoms with van der Waals surface area (Å²) in [5, 5.41) is 3.40. The lowest BCUT2D eigenvalue weighted by atomic mass is 10.0. The smallest absolute Gasteiger partial charge is 0.237 e. The summed E-state index contributed by atoms with van der Waals surface area (Å²) >= 11 is 0. The van der Waals surface area contributed by atoms with Crippen LogP contribution in [-0.2, 0) is 16.6 Å². The molecule has 3 aromatic rings. The van der Waals surface area contributed by atoms with Gasteiger partial charge < -0.3 is 5.32 Å². The van der Waals surface area contributed by atoms with E-state index in [-0.39, 0.29) is 0 Å². The van der Waals surface area contributed by atoms with E-state index < -0.39 is 14.8 Å². The first-order chi connectivity index (χ1) is 13.6. The van der Waals surface area contributed by atoms with Gasteiger partial charge in [0.25, 0.3) is 0 Å². The highest BCUT2D eigenvalue weighted by molar-refractivity contribution is 7.94. The van der Waals surface area contributed by atoms with Gasteiger partial charge in [-0.15, -0.1) is 0 Å². The fourth-order valence-corrected chi connectivity index (χ4v) is 3.48. The molecule has 0 aliphatic carbocycles. The zero-order valence-electron chi connectivity index (χ0n) is 17.4.